The summed E-state index contributed by atoms with van der Waals surface area (Å²) in [6.45, 7) is 4.06. The predicted molar refractivity (Wildman–Crippen MR) is 119 cm³/mol. The summed E-state index contributed by atoms with van der Waals surface area (Å²) in [5.74, 6) is -1.51. The number of carbonyl (C=O) groups is 2. The highest BCUT2D eigenvalue weighted by Gasteiger charge is 2.40. The van der Waals surface area contributed by atoms with Crippen molar-refractivity contribution in [1.82, 2.24) is 5.32 Å². The number of carboxylic acids is 1. The molecule has 8 nitrogen and oxygen atoms in total. The lowest BCUT2D eigenvalue weighted by Gasteiger charge is -2.35. The highest BCUT2D eigenvalue weighted by molar-refractivity contribution is 7.92. The van der Waals surface area contributed by atoms with Crippen LogP contribution in [0.25, 0.3) is 0 Å². The molecule has 0 saturated carbocycles. The number of alkyl halides is 3. The molecule has 1 unspecified atom stereocenters. The second-order valence-corrected chi connectivity index (χ2v) is 10.5. The number of nitrogens with zero attached hydrogens (tertiary/aromatic N) is 2. The van der Waals surface area contributed by atoms with E-state index in [1.807, 2.05) is 6.07 Å². The third kappa shape index (κ3) is 4.72. The molecule has 0 radical (unpaired) electrons. The van der Waals surface area contributed by atoms with Gasteiger partial charge in [0.2, 0.25) is 0 Å². The van der Waals surface area contributed by atoms with Crippen LogP contribution in [0.2, 0.25) is 0 Å². The number of carbonyl (C=O) groups excluding carboxylic acids is 1. The molecule has 2 aromatic carbocycles. The molecule has 0 aromatic heterocycles. The maximum absolute atomic E-state index is 13.2. The van der Waals surface area contributed by atoms with Crippen molar-refractivity contribution in [3.05, 3.63) is 70.4 Å². The number of benzene rings is 2. The summed E-state index contributed by atoms with van der Waals surface area (Å²) in [5.41, 5.74) is -1.95. The van der Waals surface area contributed by atoms with Crippen LogP contribution in [0.1, 0.15) is 43.5 Å². The van der Waals surface area contributed by atoms with Gasteiger partial charge >= 0.3 is 18.2 Å². The first-order valence-electron chi connectivity index (χ1n) is 10.2. The molecule has 1 aliphatic rings. The van der Waals surface area contributed by atoms with E-state index in [4.69, 9.17) is 0 Å². The molecule has 184 valence electrons. The summed E-state index contributed by atoms with van der Waals surface area (Å²) in [7, 11) is -4.02. The highest BCUT2D eigenvalue weighted by Crippen LogP contribution is 2.38. The molecule has 0 aliphatic carbocycles. The van der Waals surface area contributed by atoms with Gasteiger partial charge in [0.15, 0.2) is 9.84 Å². The molecule has 2 N–H and O–H groups in total. The number of carboxylic acid groups (broad SMARTS) is 1. The summed E-state index contributed by atoms with van der Waals surface area (Å²) < 4.78 is 65.6. The average molecular weight is 507 g/mol. The second kappa shape index (κ2) is 9.07. The molecule has 1 atom stereocenters. The van der Waals surface area contributed by atoms with E-state index < -0.39 is 50.4 Å². The smallest absolute Gasteiger partial charge is 0.416 e. The minimum Gasteiger partial charge on any atom is -0.478 e. The van der Waals surface area contributed by atoms with Crippen molar-refractivity contribution >= 4 is 27.5 Å². The Morgan fingerprint density at radius 1 is 1.20 bits per heavy atom. The van der Waals surface area contributed by atoms with Crippen LogP contribution in [0.15, 0.2) is 58.6 Å². The van der Waals surface area contributed by atoms with Crippen LogP contribution in [-0.2, 0) is 20.8 Å². The monoisotopic (exact) mass is 507 g/mol. The van der Waals surface area contributed by atoms with Crippen molar-refractivity contribution in [2.24, 2.45) is 0 Å². The number of amides is 2. The third-order valence-electron chi connectivity index (χ3n) is 5.53. The number of rotatable bonds is 5. The van der Waals surface area contributed by atoms with Gasteiger partial charge in [-0.3, -0.25) is 4.90 Å². The van der Waals surface area contributed by atoms with Crippen molar-refractivity contribution in [3.63, 3.8) is 0 Å². The molecule has 0 spiro atoms. The van der Waals surface area contributed by atoms with E-state index in [1.165, 1.54) is 39.0 Å². The first kappa shape index (κ1) is 25.8. The third-order valence-corrected chi connectivity index (χ3v) is 7.74. The Balaban J connectivity index is 2.25. The van der Waals surface area contributed by atoms with Crippen LogP contribution in [0.4, 0.5) is 23.7 Å². The summed E-state index contributed by atoms with van der Waals surface area (Å²) in [6.07, 6.45) is -4.69. The second-order valence-electron chi connectivity index (χ2n) is 8.03. The Bertz CT molecular complexity index is 1390. The lowest BCUT2D eigenvalue weighted by Crippen LogP contribution is -2.48. The molecule has 0 fully saturated rings. The molecule has 1 aliphatic heterocycles. The summed E-state index contributed by atoms with van der Waals surface area (Å²) >= 11 is 0. The Morgan fingerprint density at radius 2 is 1.86 bits per heavy atom. The van der Waals surface area contributed by atoms with E-state index in [0.29, 0.717) is 6.07 Å². The van der Waals surface area contributed by atoms with E-state index in [2.05, 4.69) is 5.32 Å². The molecule has 0 bridgehead atoms. The number of hydrogen-bond acceptors (Lipinski definition) is 5. The van der Waals surface area contributed by atoms with E-state index in [1.54, 1.807) is 0 Å². The lowest BCUT2D eigenvalue weighted by atomic mass is 9.94. The lowest BCUT2D eigenvalue weighted by molar-refractivity contribution is -0.137. The molecule has 2 aromatic rings. The van der Waals surface area contributed by atoms with E-state index in [9.17, 15) is 41.5 Å². The van der Waals surface area contributed by atoms with Crippen LogP contribution in [-0.4, -0.2) is 30.8 Å². The molecule has 0 saturated heterocycles. The Hall–Kier alpha value is -3.85. The van der Waals surface area contributed by atoms with Crippen molar-refractivity contribution in [2.75, 3.05) is 4.90 Å². The molecule has 3 rings (SSSR count). The summed E-state index contributed by atoms with van der Waals surface area (Å²) in [5, 5.41) is 20.7. The predicted octanol–water partition coefficient (Wildman–Crippen LogP) is 4.39. The van der Waals surface area contributed by atoms with Crippen LogP contribution in [0, 0.1) is 11.3 Å². The van der Waals surface area contributed by atoms with Crippen molar-refractivity contribution in [1.29, 1.82) is 5.26 Å². The molecule has 12 heteroatoms. The van der Waals surface area contributed by atoms with Crippen molar-refractivity contribution < 1.29 is 36.3 Å². The normalized spacial score (nSPS) is 16.8. The number of halogens is 3. The Labute approximate surface area is 199 Å². The van der Waals surface area contributed by atoms with Gasteiger partial charge in [-0.2, -0.15) is 18.4 Å². The number of aliphatic carboxylic acids is 1. The fourth-order valence-electron chi connectivity index (χ4n) is 3.73. The standard InChI is InChI=1S/C23H20F3N3O5S/c1-12(2)35(33,34)18-9-14(11-27)7-8-17(18)20-19(21(30)31)13(3)29(22(32)28-20)16-6-4-5-15(10-16)23(24,25)26/h4-10,12,20H,1-3H3,(H,28,32)(H,30,31). The van der Waals surface area contributed by atoms with Crippen LogP contribution in [0.5, 0.6) is 0 Å². The van der Waals surface area contributed by atoms with E-state index in [-0.39, 0.29) is 27.4 Å². The number of allylic oxidation sites excluding steroid dienone is 1. The zero-order chi connectivity index (χ0) is 26.3. The van der Waals surface area contributed by atoms with Crippen molar-refractivity contribution in [3.8, 4) is 6.07 Å². The fourth-order valence-corrected chi connectivity index (χ4v) is 5.04. The molecule has 35 heavy (non-hydrogen) atoms. The minimum atomic E-state index is -4.69. The van der Waals surface area contributed by atoms with Gasteiger partial charge in [0.05, 0.1) is 44.6 Å². The number of nitriles is 1. The first-order valence-corrected chi connectivity index (χ1v) is 11.7. The number of urea groups is 1. The largest absolute Gasteiger partial charge is 0.478 e. The van der Waals surface area contributed by atoms with Crippen LogP contribution < -0.4 is 10.2 Å². The van der Waals surface area contributed by atoms with Gasteiger partial charge in [-0.25, -0.2) is 18.0 Å². The first-order chi connectivity index (χ1) is 16.2. The van der Waals surface area contributed by atoms with Crippen LogP contribution in [0.3, 0.4) is 0 Å². The number of hydrogen-bond donors (Lipinski definition) is 2. The van der Waals surface area contributed by atoms with Gasteiger partial charge in [-0.05, 0) is 56.7 Å². The molecule has 2 amide bonds. The SMILES string of the molecule is CC1=C(C(=O)O)C(c2ccc(C#N)cc2S(=O)(=O)C(C)C)NC(=O)N1c1cccc(C(F)(F)F)c1. The van der Waals surface area contributed by atoms with Gasteiger partial charge in [0, 0.05) is 5.70 Å². The zero-order valence-corrected chi connectivity index (χ0v) is 19.5. The van der Waals surface area contributed by atoms with E-state index in [0.717, 1.165) is 23.1 Å². The van der Waals surface area contributed by atoms with Gasteiger partial charge < -0.3 is 10.4 Å². The fraction of sp³-hybridized carbons (Fsp3) is 0.261. The van der Waals surface area contributed by atoms with Gasteiger partial charge in [0.1, 0.15) is 0 Å². The Morgan fingerprint density at radius 3 is 2.40 bits per heavy atom. The minimum absolute atomic E-state index is 0.0123. The maximum atomic E-state index is 13.2. The van der Waals surface area contributed by atoms with Gasteiger partial charge in [-0.15, -0.1) is 0 Å². The topological polar surface area (TPSA) is 128 Å². The Kier molecular flexibility index (Phi) is 6.68. The van der Waals surface area contributed by atoms with Crippen LogP contribution >= 0.6 is 0 Å². The summed E-state index contributed by atoms with van der Waals surface area (Å²) in [6, 6.07) is 6.88. The molecular weight excluding hydrogens is 487 g/mol. The summed E-state index contributed by atoms with van der Waals surface area (Å²) in [4.78, 5) is 25.8. The molecule has 1 heterocycles. The highest BCUT2D eigenvalue weighted by atomic mass is 32.2. The zero-order valence-electron chi connectivity index (χ0n) is 18.7. The number of anilines is 1. The maximum Gasteiger partial charge on any atom is 0.416 e. The van der Waals surface area contributed by atoms with Crippen molar-refractivity contribution in [2.45, 2.75) is 43.1 Å². The number of nitrogens with one attached hydrogen (secondary N) is 1. The quantitative estimate of drug-likeness (QED) is 0.618. The van der Waals surface area contributed by atoms with Gasteiger partial charge in [-0.1, -0.05) is 12.1 Å². The van der Waals surface area contributed by atoms with Gasteiger partial charge in [0.25, 0.3) is 0 Å². The molecular formula is C23H20F3N3O5S. The number of sulfone groups is 1. The van der Waals surface area contributed by atoms with E-state index >= 15 is 0 Å². The average Bonchev–Trinajstić information content (AvgIpc) is 2.77.